The third-order valence-electron chi connectivity index (χ3n) is 3.39. The average Bonchev–Trinajstić information content (AvgIpc) is 2.88. The second-order valence-electron chi connectivity index (χ2n) is 4.97. The van der Waals surface area contributed by atoms with Crippen LogP contribution in [0.25, 0.3) is 0 Å². The second-order valence-corrected chi connectivity index (χ2v) is 7.65. The highest BCUT2D eigenvalue weighted by molar-refractivity contribution is 7.93. The largest absolute Gasteiger partial charge is 0.338 e. The number of hydrogen-bond donors (Lipinski definition) is 1. The third kappa shape index (κ3) is 3.90. The Morgan fingerprint density at radius 1 is 1.25 bits per heavy atom. The van der Waals surface area contributed by atoms with Crippen LogP contribution in [0.5, 0.6) is 0 Å². The normalized spacial score (nSPS) is 11.3. The van der Waals surface area contributed by atoms with E-state index >= 15 is 0 Å². The molecule has 1 amide bonds. The quantitative estimate of drug-likeness (QED) is 0.847. The summed E-state index contributed by atoms with van der Waals surface area (Å²) < 4.78 is 39.8. The molecule has 9 heteroatoms. The summed E-state index contributed by atoms with van der Waals surface area (Å²) >= 11 is 0.985. The van der Waals surface area contributed by atoms with E-state index < -0.39 is 15.8 Å². The van der Waals surface area contributed by atoms with Gasteiger partial charge in [0.05, 0.1) is 10.6 Å². The van der Waals surface area contributed by atoms with E-state index in [1.165, 1.54) is 12.1 Å². The number of halogens is 1. The zero-order valence-corrected chi connectivity index (χ0v) is 15.2. The summed E-state index contributed by atoms with van der Waals surface area (Å²) in [5.74, 6) is -0.701. The molecule has 0 bridgehead atoms. The number of benzene rings is 1. The molecule has 0 radical (unpaired) electrons. The Morgan fingerprint density at radius 2 is 1.83 bits per heavy atom. The summed E-state index contributed by atoms with van der Waals surface area (Å²) in [5.41, 5.74) is 0.466. The Hall–Kier alpha value is -2.00. The van der Waals surface area contributed by atoms with Crippen molar-refractivity contribution in [1.82, 2.24) is 9.88 Å². The topological polar surface area (TPSA) is 79.4 Å². The molecular formula is C15H18FN3O3S2. The van der Waals surface area contributed by atoms with Gasteiger partial charge in [-0.1, -0.05) is 11.3 Å². The molecule has 24 heavy (non-hydrogen) atoms. The summed E-state index contributed by atoms with van der Waals surface area (Å²) in [7, 11) is -3.88. The first-order valence-electron chi connectivity index (χ1n) is 7.33. The Labute approximate surface area is 144 Å². The van der Waals surface area contributed by atoms with E-state index in [0.29, 0.717) is 23.7 Å². The molecule has 0 aliphatic heterocycles. The van der Waals surface area contributed by atoms with E-state index in [1.54, 1.807) is 11.8 Å². The lowest BCUT2D eigenvalue weighted by Crippen LogP contribution is -2.30. The lowest BCUT2D eigenvalue weighted by atomic mass is 10.3. The summed E-state index contributed by atoms with van der Waals surface area (Å²) in [5, 5.41) is 0.104. The number of amides is 1. The van der Waals surface area contributed by atoms with Gasteiger partial charge in [0.1, 0.15) is 10.7 Å². The smallest absolute Gasteiger partial charge is 0.265 e. The number of aryl methyl sites for hydroxylation is 1. The molecule has 0 fully saturated rings. The highest BCUT2D eigenvalue weighted by Crippen LogP contribution is 2.26. The zero-order valence-electron chi connectivity index (χ0n) is 13.5. The van der Waals surface area contributed by atoms with Gasteiger partial charge in [0.25, 0.3) is 15.9 Å². The molecular weight excluding hydrogens is 353 g/mol. The van der Waals surface area contributed by atoms with Crippen LogP contribution in [0.2, 0.25) is 0 Å². The summed E-state index contributed by atoms with van der Waals surface area (Å²) in [6, 6.07) is 4.47. The molecule has 130 valence electrons. The number of thiazole rings is 1. The first kappa shape index (κ1) is 18.3. The van der Waals surface area contributed by atoms with E-state index in [2.05, 4.69) is 9.71 Å². The molecule has 0 saturated carbocycles. The van der Waals surface area contributed by atoms with Gasteiger partial charge in [-0.05, 0) is 45.0 Å². The maximum atomic E-state index is 12.9. The Bertz CT molecular complexity index is 828. The van der Waals surface area contributed by atoms with Gasteiger partial charge in [-0.2, -0.15) is 0 Å². The number of carbonyl (C=O) groups excluding carboxylic acids is 1. The molecule has 1 heterocycles. The molecule has 0 spiro atoms. The van der Waals surface area contributed by atoms with E-state index in [-0.39, 0.29) is 15.9 Å². The maximum absolute atomic E-state index is 12.9. The fourth-order valence-electron chi connectivity index (χ4n) is 2.08. The van der Waals surface area contributed by atoms with Gasteiger partial charge in [-0.25, -0.2) is 17.8 Å². The van der Waals surface area contributed by atoms with Crippen LogP contribution in [-0.4, -0.2) is 37.3 Å². The van der Waals surface area contributed by atoms with Crippen LogP contribution in [0.4, 0.5) is 9.52 Å². The number of aromatic nitrogens is 1. The van der Waals surface area contributed by atoms with E-state index in [0.717, 1.165) is 23.5 Å². The van der Waals surface area contributed by atoms with Crippen molar-refractivity contribution in [3.8, 4) is 0 Å². The number of nitrogens with one attached hydrogen (secondary N) is 1. The average molecular weight is 371 g/mol. The molecule has 6 nitrogen and oxygen atoms in total. The van der Waals surface area contributed by atoms with Gasteiger partial charge in [0.15, 0.2) is 5.13 Å². The minimum absolute atomic E-state index is 0.0756. The molecule has 1 aromatic heterocycles. The van der Waals surface area contributed by atoms with E-state index in [9.17, 15) is 17.6 Å². The number of hydrogen-bond acceptors (Lipinski definition) is 5. The monoisotopic (exact) mass is 371 g/mol. The highest BCUT2D eigenvalue weighted by Gasteiger charge is 2.22. The molecule has 1 N–H and O–H groups in total. The Morgan fingerprint density at radius 3 is 2.38 bits per heavy atom. The third-order valence-corrected chi connectivity index (χ3v) is 5.93. The van der Waals surface area contributed by atoms with Gasteiger partial charge in [0.2, 0.25) is 0 Å². The Balaban J connectivity index is 2.27. The first-order chi connectivity index (χ1) is 11.3. The van der Waals surface area contributed by atoms with Crippen LogP contribution in [-0.2, 0) is 10.0 Å². The van der Waals surface area contributed by atoms with Crippen molar-refractivity contribution in [3.63, 3.8) is 0 Å². The molecule has 2 aromatic rings. The predicted octanol–water partition coefficient (Wildman–Crippen LogP) is 2.87. The van der Waals surface area contributed by atoms with Gasteiger partial charge in [-0.15, -0.1) is 0 Å². The van der Waals surface area contributed by atoms with E-state index in [1.807, 2.05) is 13.8 Å². The van der Waals surface area contributed by atoms with Crippen LogP contribution >= 0.6 is 11.3 Å². The lowest BCUT2D eigenvalue weighted by Gasteiger charge is -2.17. The molecule has 1 aromatic carbocycles. The fourth-order valence-corrected chi connectivity index (χ4v) is 4.25. The maximum Gasteiger partial charge on any atom is 0.265 e. The van der Waals surface area contributed by atoms with Crippen LogP contribution in [0.15, 0.2) is 29.2 Å². The van der Waals surface area contributed by atoms with Crippen molar-refractivity contribution in [1.29, 1.82) is 0 Å². The lowest BCUT2D eigenvalue weighted by molar-refractivity contribution is 0.0777. The van der Waals surface area contributed by atoms with Crippen LogP contribution < -0.4 is 4.72 Å². The number of anilines is 1. The summed E-state index contributed by atoms with van der Waals surface area (Å²) in [6.45, 7) is 6.52. The van der Waals surface area contributed by atoms with E-state index in [4.69, 9.17) is 0 Å². The molecule has 0 saturated heterocycles. The predicted molar refractivity (Wildman–Crippen MR) is 91.3 cm³/mol. The Kier molecular flexibility index (Phi) is 5.55. The number of sulfonamides is 1. The fraction of sp³-hybridized carbons (Fsp3) is 0.333. The van der Waals surface area contributed by atoms with Crippen molar-refractivity contribution >= 4 is 32.4 Å². The highest BCUT2D eigenvalue weighted by atomic mass is 32.2. The molecule has 2 rings (SSSR count). The van der Waals surface area contributed by atoms with Crippen molar-refractivity contribution in [3.05, 3.63) is 40.7 Å². The van der Waals surface area contributed by atoms with Gasteiger partial charge in [0, 0.05) is 13.1 Å². The SMILES string of the molecule is CCN(CC)C(=O)c1sc(NS(=O)(=O)c2ccc(F)cc2)nc1C. The standard InChI is InChI=1S/C15H18FN3O3S2/c1-4-19(5-2)14(20)13-10(3)17-15(23-13)18-24(21,22)12-8-6-11(16)7-9-12/h6-9H,4-5H2,1-3H3,(H,17,18). The summed E-state index contributed by atoms with van der Waals surface area (Å²) in [4.78, 5) is 18.5. The van der Waals surface area contributed by atoms with Crippen LogP contribution in [0, 0.1) is 12.7 Å². The van der Waals surface area contributed by atoms with Gasteiger partial charge < -0.3 is 4.90 Å². The zero-order chi connectivity index (χ0) is 17.9. The molecule has 0 aliphatic rings. The van der Waals surface area contributed by atoms with Crippen molar-refractivity contribution in [2.75, 3.05) is 17.8 Å². The van der Waals surface area contributed by atoms with Gasteiger partial charge in [-0.3, -0.25) is 9.52 Å². The van der Waals surface area contributed by atoms with Gasteiger partial charge >= 0.3 is 0 Å². The number of carbonyl (C=O) groups is 1. The number of rotatable bonds is 6. The summed E-state index contributed by atoms with van der Waals surface area (Å²) in [6.07, 6.45) is 0. The molecule has 0 atom stereocenters. The van der Waals surface area contributed by atoms with Crippen molar-refractivity contribution in [2.24, 2.45) is 0 Å². The minimum atomic E-state index is -3.88. The second kappa shape index (κ2) is 7.27. The minimum Gasteiger partial charge on any atom is -0.338 e. The first-order valence-corrected chi connectivity index (χ1v) is 9.63. The molecule has 0 unspecified atom stereocenters. The molecule has 0 aliphatic carbocycles. The van der Waals surface area contributed by atoms with Crippen molar-refractivity contribution < 1.29 is 17.6 Å². The van der Waals surface area contributed by atoms with Crippen molar-refractivity contribution in [2.45, 2.75) is 25.7 Å². The number of nitrogens with zero attached hydrogens (tertiary/aromatic N) is 2. The van der Waals surface area contributed by atoms with Crippen LogP contribution in [0.3, 0.4) is 0 Å². The van der Waals surface area contributed by atoms with Crippen LogP contribution in [0.1, 0.15) is 29.2 Å².